The molecule has 0 spiro atoms. The number of anilines is 1. The van der Waals surface area contributed by atoms with E-state index in [9.17, 15) is 4.39 Å². The molecule has 0 saturated carbocycles. The SMILES string of the molecule is Nc1cc[n+](Cc2ccc(Cl)c(Cl)c2)c(F)c1.[Cl-]. The van der Waals surface area contributed by atoms with Crippen LogP contribution in [0.1, 0.15) is 5.56 Å². The topological polar surface area (TPSA) is 29.9 Å². The van der Waals surface area contributed by atoms with Gasteiger partial charge < -0.3 is 18.1 Å². The van der Waals surface area contributed by atoms with Gasteiger partial charge in [-0.05, 0) is 12.1 Å². The number of nitrogens with zero attached hydrogens (tertiary/aromatic N) is 1. The summed E-state index contributed by atoms with van der Waals surface area (Å²) in [4.78, 5) is 0. The highest BCUT2D eigenvalue weighted by atomic mass is 35.5. The second-order valence-corrected chi connectivity index (χ2v) is 4.47. The van der Waals surface area contributed by atoms with Crippen LogP contribution in [0.2, 0.25) is 10.0 Å². The molecule has 0 unspecified atom stereocenters. The standard InChI is InChI=1S/C12H9Cl2FN2.ClH/c13-10-2-1-8(5-11(10)14)7-17-4-3-9(16)6-12(17)15;/h1-6,16H,7H2;1H. The summed E-state index contributed by atoms with van der Waals surface area (Å²) in [6, 6.07) is 8.12. The van der Waals surface area contributed by atoms with Gasteiger partial charge in [0.2, 0.25) is 0 Å². The summed E-state index contributed by atoms with van der Waals surface area (Å²) in [6.45, 7) is 0.378. The molecular weight excluding hydrogens is 298 g/mol. The number of aromatic nitrogens is 1. The van der Waals surface area contributed by atoms with Crippen LogP contribution in [0.5, 0.6) is 0 Å². The zero-order valence-electron chi connectivity index (χ0n) is 9.21. The Morgan fingerprint density at radius 3 is 2.44 bits per heavy atom. The molecule has 0 bridgehead atoms. The fourth-order valence-corrected chi connectivity index (χ4v) is 1.80. The quantitative estimate of drug-likeness (QED) is 0.617. The van der Waals surface area contributed by atoms with E-state index in [0.717, 1.165) is 5.56 Å². The largest absolute Gasteiger partial charge is 1.00 e. The molecule has 0 aliphatic rings. The Morgan fingerprint density at radius 2 is 1.83 bits per heavy atom. The number of hydrogen-bond donors (Lipinski definition) is 1. The number of nitrogen functional groups attached to an aromatic ring is 1. The fraction of sp³-hybridized carbons (Fsp3) is 0.0833. The van der Waals surface area contributed by atoms with E-state index in [1.807, 2.05) is 0 Å². The maximum Gasteiger partial charge on any atom is 0.361 e. The predicted octanol–water partition coefficient (Wildman–Crippen LogP) is 0.0545. The molecule has 0 amide bonds. The predicted molar refractivity (Wildman–Crippen MR) is 66.6 cm³/mol. The number of pyridine rings is 1. The normalized spacial score (nSPS) is 9.94. The van der Waals surface area contributed by atoms with Crippen LogP contribution in [0.4, 0.5) is 10.1 Å². The van der Waals surface area contributed by atoms with Gasteiger partial charge in [0.15, 0.2) is 12.7 Å². The number of halogens is 4. The summed E-state index contributed by atoms with van der Waals surface area (Å²) in [5.74, 6) is -0.393. The van der Waals surface area contributed by atoms with Crippen LogP contribution >= 0.6 is 23.2 Å². The van der Waals surface area contributed by atoms with Gasteiger partial charge in [-0.3, -0.25) is 0 Å². The van der Waals surface area contributed by atoms with Crippen LogP contribution in [0.25, 0.3) is 0 Å². The lowest BCUT2D eigenvalue weighted by atomic mass is 10.2. The Balaban J connectivity index is 0.00000162. The molecule has 0 fully saturated rings. The first-order valence-corrected chi connectivity index (χ1v) is 5.70. The van der Waals surface area contributed by atoms with Crippen molar-refractivity contribution in [3.8, 4) is 0 Å². The van der Waals surface area contributed by atoms with Gasteiger partial charge in [-0.1, -0.05) is 29.3 Å². The minimum atomic E-state index is -0.393. The molecule has 1 heterocycles. The first kappa shape index (κ1) is 15.0. The molecule has 2 N–H and O–H groups in total. The van der Waals surface area contributed by atoms with Crippen molar-refractivity contribution in [2.24, 2.45) is 0 Å². The third-order valence-electron chi connectivity index (χ3n) is 2.34. The maximum atomic E-state index is 13.5. The highest BCUT2D eigenvalue weighted by Gasteiger charge is 2.11. The highest BCUT2D eigenvalue weighted by Crippen LogP contribution is 2.22. The van der Waals surface area contributed by atoms with Crippen molar-refractivity contribution in [2.45, 2.75) is 6.54 Å². The van der Waals surface area contributed by atoms with Crippen molar-refractivity contribution < 1.29 is 21.4 Å². The van der Waals surface area contributed by atoms with E-state index in [-0.39, 0.29) is 12.4 Å². The molecule has 2 nitrogen and oxygen atoms in total. The van der Waals surface area contributed by atoms with Crippen LogP contribution in [-0.2, 0) is 6.54 Å². The van der Waals surface area contributed by atoms with Crippen LogP contribution < -0.4 is 22.7 Å². The van der Waals surface area contributed by atoms with Gasteiger partial charge in [0, 0.05) is 17.3 Å². The van der Waals surface area contributed by atoms with Crippen molar-refractivity contribution in [2.75, 3.05) is 5.73 Å². The number of hydrogen-bond acceptors (Lipinski definition) is 1. The van der Waals surface area contributed by atoms with Crippen molar-refractivity contribution in [1.29, 1.82) is 0 Å². The van der Waals surface area contributed by atoms with Gasteiger partial charge in [-0.25, -0.2) is 0 Å². The van der Waals surface area contributed by atoms with Crippen molar-refractivity contribution in [3.05, 3.63) is 58.1 Å². The van der Waals surface area contributed by atoms with Gasteiger partial charge in [-0.2, -0.15) is 4.57 Å². The van der Waals surface area contributed by atoms with E-state index >= 15 is 0 Å². The van der Waals surface area contributed by atoms with E-state index in [1.165, 1.54) is 10.6 Å². The molecule has 0 atom stereocenters. The van der Waals surface area contributed by atoms with Crippen LogP contribution in [0.15, 0.2) is 36.5 Å². The zero-order valence-corrected chi connectivity index (χ0v) is 11.5. The minimum absolute atomic E-state index is 0. The van der Waals surface area contributed by atoms with Gasteiger partial charge in [0.1, 0.15) is 0 Å². The second-order valence-electron chi connectivity index (χ2n) is 3.66. The van der Waals surface area contributed by atoms with Crippen molar-refractivity contribution in [1.82, 2.24) is 0 Å². The summed E-state index contributed by atoms with van der Waals surface area (Å²) >= 11 is 11.7. The molecule has 96 valence electrons. The lowest BCUT2D eigenvalue weighted by Crippen LogP contribution is -3.00. The molecule has 0 aliphatic carbocycles. The molecule has 0 radical (unpaired) electrons. The summed E-state index contributed by atoms with van der Waals surface area (Å²) in [6.07, 6.45) is 1.59. The summed E-state index contributed by atoms with van der Waals surface area (Å²) < 4.78 is 15.0. The second kappa shape index (κ2) is 6.23. The molecule has 0 aliphatic heterocycles. The molecule has 6 heteroatoms. The number of benzene rings is 1. The van der Waals surface area contributed by atoms with Gasteiger partial charge in [0.25, 0.3) is 0 Å². The third kappa shape index (κ3) is 3.48. The van der Waals surface area contributed by atoms with Crippen LogP contribution in [0, 0.1) is 5.95 Å². The average Bonchev–Trinajstić information content (AvgIpc) is 2.27. The van der Waals surface area contributed by atoms with Gasteiger partial charge in [0.05, 0.1) is 16.1 Å². The highest BCUT2D eigenvalue weighted by molar-refractivity contribution is 6.42. The fourth-order valence-electron chi connectivity index (χ4n) is 1.48. The Morgan fingerprint density at radius 1 is 1.11 bits per heavy atom. The van der Waals surface area contributed by atoms with Gasteiger partial charge in [-0.15, -0.1) is 4.39 Å². The summed E-state index contributed by atoms with van der Waals surface area (Å²) in [7, 11) is 0. The summed E-state index contributed by atoms with van der Waals surface area (Å²) in [5, 5.41) is 0.943. The average molecular weight is 308 g/mol. The molecular formula is C12H10Cl3FN2. The Bertz CT molecular complexity index is 561. The minimum Gasteiger partial charge on any atom is -1.00 e. The number of nitrogens with two attached hydrogens (primary N) is 1. The van der Waals surface area contributed by atoms with E-state index in [0.29, 0.717) is 22.3 Å². The first-order chi connectivity index (χ1) is 8.06. The third-order valence-corrected chi connectivity index (χ3v) is 3.08. The molecule has 1 aromatic carbocycles. The molecule has 18 heavy (non-hydrogen) atoms. The van der Waals surface area contributed by atoms with E-state index in [1.54, 1.807) is 30.5 Å². The molecule has 2 rings (SSSR count). The van der Waals surface area contributed by atoms with Crippen LogP contribution in [-0.4, -0.2) is 0 Å². The lowest BCUT2D eigenvalue weighted by Gasteiger charge is -2.01. The lowest BCUT2D eigenvalue weighted by molar-refractivity contribution is -0.715. The number of rotatable bonds is 2. The summed E-state index contributed by atoms with van der Waals surface area (Å²) in [5.41, 5.74) is 6.74. The van der Waals surface area contributed by atoms with E-state index in [4.69, 9.17) is 28.9 Å². The Hall–Kier alpha value is -1.03. The molecule has 1 aromatic heterocycles. The molecule has 0 saturated heterocycles. The molecule has 2 aromatic rings. The Labute approximate surface area is 121 Å². The monoisotopic (exact) mass is 306 g/mol. The van der Waals surface area contributed by atoms with Crippen LogP contribution in [0.3, 0.4) is 0 Å². The smallest absolute Gasteiger partial charge is 0.361 e. The maximum absolute atomic E-state index is 13.5. The Kier molecular flexibility index (Phi) is 5.20. The van der Waals surface area contributed by atoms with E-state index in [2.05, 4.69) is 0 Å². The first-order valence-electron chi connectivity index (χ1n) is 4.94. The van der Waals surface area contributed by atoms with Crippen molar-refractivity contribution >= 4 is 28.9 Å². The zero-order chi connectivity index (χ0) is 12.4. The van der Waals surface area contributed by atoms with Gasteiger partial charge >= 0.3 is 5.95 Å². The van der Waals surface area contributed by atoms with E-state index < -0.39 is 5.95 Å². The van der Waals surface area contributed by atoms with Crippen molar-refractivity contribution in [3.63, 3.8) is 0 Å².